The minimum Gasteiger partial charge on any atom is -0.403 e. The van der Waals surface area contributed by atoms with Gasteiger partial charge >= 0.3 is 6.01 Å². The summed E-state index contributed by atoms with van der Waals surface area (Å²) in [5.41, 5.74) is 4.50. The van der Waals surface area contributed by atoms with E-state index in [2.05, 4.69) is 30.7 Å². The highest BCUT2D eigenvalue weighted by Gasteiger charge is 2.28. The molecule has 2 aliphatic heterocycles. The van der Waals surface area contributed by atoms with Crippen molar-refractivity contribution in [1.29, 1.82) is 0 Å². The van der Waals surface area contributed by atoms with Crippen LogP contribution in [0, 0.1) is 0 Å². The SMILES string of the molecule is O=C1Nc2ccccc2C(c2ccccc2)=N[C@@H]1Nc1nnc(-c2cn(-c3cccnc3)nc2N2CCOCC2)o1. The standard InChI is InChI=1S/C29H25N9O3/c39-27-25(32-24(19-7-2-1-3-8-19)21-10-4-5-11-23(21)31-27)33-29-35-34-28(41-29)22-18-38(20-9-6-12-30-17-20)36-26(22)37-13-15-40-16-14-37/h1-12,17-18,25H,13-16H2,(H,31,39)(H,33,35)/t25-/m1/s1. The number of benzodiazepines with no additional fused rings is 1. The molecule has 7 rings (SSSR count). The molecule has 1 fully saturated rings. The minimum absolute atomic E-state index is 0.0596. The van der Waals surface area contributed by atoms with E-state index in [9.17, 15) is 4.79 Å². The van der Waals surface area contributed by atoms with Gasteiger partial charge in [-0.15, -0.1) is 10.2 Å². The van der Waals surface area contributed by atoms with Crippen LogP contribution in [0.15, 0.2) is 94.7 Å². The topological polar surface area (TPSA) is 136 Å². The lowest BCUT2D eigenvalue weighted by atomic mass is 10.0. The molecule has 2 aromatic carbocycles. The Kier molecular flexibility index (Phi) is 6.41. The second-order valence-corrected chi connectivity index (χ2v) is 9.46. The van der Waals surface area contributed by atoms with Gasteiger partial charge in [-0.25, -0.2) is 9.67 Å². The van der Waals surface area contributed by atoms with Gasteiger partial charge in [-0.3, -0.25) is 9.78 Å². The zero-order valence-corrected chi connectivity index (χ0v) is 21.8. The van der Waals surface area contributed by atoms with Crippen LogP contribution in [0.25, 0.3) is 17.1 Å². The third-order valence-electron chi connectivity index (χ3n) is 6.83. The summed E-state index contributed by atoms with van der Waals surface area (Å²) in [6, 6.07) is 21.1. The number of ether oxygens (including phenoxy) is 1. The number of fused-ring (bicyclic) bond motifs is 1. The third kappa shape index (κ3) is 4.92. The van der Waals surface area contributed by atoms with Crippen LogP contribution in [-0.4, -0.2) is 69.0 Å². The van der Waals surface area contributed by atoms with Crippen molar-refractivity contribution in [2.24, 2.45) is 4.99 Å². The monoisotopic (exact) mass is 547 g/mol. The molecule has 204 valence electrons. The van der Waals surface area contributed by atoms with Crippen LogP contribution in [0.5, 0.6) is 0 Å². The maximum atomic E-state index is 13.2. The molecule has 5 heterocycles. The van der Waals surface area contributed by atoms with Gasteiger partial charge in [0.1, 0.15) is 5.56 Å². The molecule has 0 unspecified atom stereocenters. The van der Waals surface area contributed by atoms with Gasteiger partial charge in [-0.1, -0.05) is 53.6 Å². The molecule has 2 N–H and O–H groups in total. The number of nitrogens with zero attached hydrogens (tertiary/aromatic N) is 7. The van der Waals surface area contributed by atoms with Gasteiger partial charge in [-0.2, -0.15) is 0 Å². The molecule has 5 aromatic rings. The lowest BCUT2D eigenvalue weighted by molar-refractivity contribution is -0.116. The number of hydrogen-bond donors (Lipinski definition) is 2. The Morgan fingerprint density at radius 3 is 2.59 bits per heavy atom. The van der Waals surface area contributed by atoms with Crippen molar-refractivity contribution in [3.05, 3.63) is 96.4 Å². The molecule has 0 saturated carbocycles. The van der Waals surface area contributed by atoms with Gasteiger partial charge in [0.25, 0.3) is 11.8 Å². The van der Waals surface area contributed by atoms with E-state index in [1.807, 2.05) is 72.9 Å². The van der Waals surface area contributed by atoms with E-state index in [0.717, 1.165) is 16.8 Å². The molecule has 1 atom stereocenters. The third-order valence-corrected chi connectivity index (χ3v) is 6.83. The fourth-order valence-electron chi connectivity index (χ4n) is 4.83. The van der Waals surface area contributed by atoms with Crippen LogP contribution in [0.2, 0.25) is 0 Å². The Labute approximate surface area is 234 Å². The number of para-hydroxylation sites is 1. The van der Waals surface area contributed by atoms with Crippen molar-refractivity contribution >= 4 is 29.1 Å². The fourth-order valence-corrected chi connectivity index (χ4v) is 4.83. The molecule has 41 heavy (non-hydrogen) atoms. The first-order chi connectivity index (χ1) is 20.2. The number of carbonyl (C=O) groups excluding carboxylic acids is 1. The van der Waals surface area contributed by atoms with E-state index in [4.69, 9.17) is 19.2 Å². The summed E-state index contributed by atoms with van der Waals surface area (Å²) in [4.78, 5) is 24.4. The van der Waals surface area contributed by atoms with Crippen LogP contribution in [0.3, 0.4) is 0 Å². The molecule has 2 aliphatic rings. The Balaban J connectivity index is 1.23. The van der Waals surface area contributed by atoms with Gasteiger partial charge in [-0.05, 0) is 18.2 Å². The zero-order valence-electron chi connectivity index (χ0n) is 21.8. The summed E-state index contributed by atoms with van der Waals surface area (Å²) >= 11 is 0. The number of morpholine rings is 1. The van der Waals surface area contributed by atoms with Crippen molar-refractivity contribution in [3.63, 3.8) is 0 Å². The Morgan fingerprint density at radius 2 is 1.76 bits per heavy atom. The number of carbonyl (C=O) groups is 1. The highest BCUT2D eigenvalue weighted by molar-refractivity contribution is 6.19. The van der Waals surface area contributed by atoms with E-state index < -0.39 is 6.17 Å². The quantitative estimate of drug-likeness (QED) is 0.328. The Bertz CT molecular complexity index is 1710. The van der Waals surface area contributed by atoms with Crippen LogP contribution in [0.4, 0.5) is 17.5 Å². The van der Waals surface area contributed by atoms with Crippen molar-refractivity contribution in [3.8, 4) is 17.1 Å². The first-order valence-corrected chi connectivity index (χ1v) is 13.2. The maximum Gasteiger partial charge on any atom is 0.317 e. The first-order valence-electron chi connectivity index (χ1n) is 13.2. The molecule has 0 bridgehead atoms. The highest BCUT2D eigenvalue weighted by Crippen LogP contribution is 2.32. The fraction of sp³-hybridized carbons (Fsp3) is 0.172. The number of anilines is 3. The Hall–Kier alpha value is -5.36. The van der Waals surface area contributed by atoms with E-state index in [0.29, 0.717) is 49.1 Å². The van der Waals surface area contributed by atoms with E-state index in [1.54, 1.807) is 17.1 Å². The van der Waals surface area contributed by atoms with Gasteiger partial charge < -0.3 is 24.7 Å². The van der Waals surface area contributed by atoms with Crippen molar-refractivity contribution in [2.75, 3.05) is 41.8 Å². The number of pyridine rings is 1. The van der Waals surface area contributed by atoms with Gasteiger partial charge in [0.15, 0.2) is 5.82 Å². The average molecular weight is 548 g/mol. The lowest BCUT2D eigenvalue weighted by Crippen LogP contribution is -2.36. The minimum atomic E-state index is -1.01. The summed E-state index contributed by atoms with van der Waals surface area (Å²) in [5.74, 6) is 0.606. The number of nitrogens with one attached hydrogen (secondary N) is 2. The van der Waals surface area contributed by atoms with Crippen molar-refractivity contribution in [2.45, 2.75) is 6.17 Å². The Morgan fingerprint density at radius 1 is 0.927 bits per heavy atom. The molecule has 12 nitrogen and oxygen atoms in total. The summed E-state index contributed by atoms with van der Waals surface area (Å²) in [6.45, 7) is 2.54. The average Bonchev–Trinajstić information content (AvgIpc) is 3.65. The van der Waals surface area contributed by atoms with E-state index >= 15 is 0 Å². The number of aliphatic imine (C=N–C) groups is 1. The molecular weight excluding hydrogens is 522 g/mol. The van der Waals surface area contributed by atoms with Crippen LogP contribution in [-0.2, 0) is 9.53 Å². The summed E-state index contributed by atoms with van der Waals surface area (Å²) in [5, 5.41) is 19.3. The van der Waals surface area contributed by atoms with Gasteiger partial charge in [0.2, 0.25) is 6.17 Å². The molecule has 1 amide bonds. The molecule has 12 heteroatoms. The van der Waals surface area contributed by atoms with Gasteiger partial charge in [0, 0.05) is 36.6 Å². The first kappa shape index (κ1) is 24.7. The van der Waals surface area contributed by atoms with Crippen LogP contribution < -0.4 is 15.5 Å². The molecule has 0 aliphatic carbocycles. The smallest absolute Gasteiger partial charge is 0.317 e. The predicted octanol–water partition coefficient (Wildman–Crippen LogP) is 3.38. The second-order valence-electron chi connectivity index (χ2n) is 9.46. The number of amides is 1. The van der Waals surface area contributed by atoms with E-state index in [1.165, 1.54) is 0 Å². The normalized spacial score (nSPS) is 16.9. The summed E-state index contributed by atoms with van der Waals surface area (Å²) in [7, 11) is 0. The second kappa shape index (κ2) is 10.7. The molecule has 3 aromatic heterocycles. The van der Waals surface area contributed by atoms with Crippen LogP contribution >= 0.6 is 0 Å². The van der Waals surface area contributed by atoms with Crippen molar-refractivity contribution in [1.82, 2.24) is 25.0 Å². The molecule has 0 radical (unpaired) electrons. The van der Waals surface area contributed by atoms with Crippen LogP contribution in [0.1, 0.15) is 11.1 Å². The summed E-state index contributed by atoms with van der Waals surface area (Å²) in [6.07, 6.45) is 4.26. The molecule has 0 spiro atoms. The predicted molar refractivity (Wildman–Crippen MR) is 152 cm³/mol. The molecule has 1 saturated heterocycles. The van der Waals surface area contributed by atoms with E-state index in [-0.39, 0.29) is 17.8 Å². The molecular formula is C29H25N9O3. The van der Waals surface area contributed by atoms with Gasteiger partial charge in [0.05, 0.1) is 36.5 Å². The number of hydrogen-bond acceptors (Lipinski definition) is 10. The largest absolute Gasteiger partial charge is 0.403 e. The maximum absolute atomic E-state index is 13.2. The number of rotatable bonds is 6. The summed E-state index contributed by atoms with van der Waals surface area (Å²) < 4.78 is 13.3. The highest BCUT2D eigenvalue weighted by atomic mass is 16.5. The lowest BCUT2D eigenvalue weighted by Gasteiger charge is -2.27. The van der Waals surface area contributed by atoms with Crippen molar-refractivity contribution < 1.29 is 13.9 Å². The zero-order chi connectivity index (χ0) is 27.6. The number of benzene rings is 2. The number of aromatic nitrogens is 5.